The van der Waals surface area contributed by atoms with E-state index in [0.29, 0.717) is 25.9 Å². The van der Waals surface area contributed by atoms with Gasteiger partial charge in [0.1, 0.15) is 0 Å². The predicted molar refractivity (Wildman–Crippen MR) is 244 cm³/mol. The molecule has 3 saturated heterocycles. The van der Waals surface area contributed by atoms with E-state index in [1.54, 1.807) is 4.90 Å². The first-order valence-corrected chi connectivity index (χ1v) is 22.7. The van der Waals surface area contributed by atoms with Crippen molar-refractivity contribution >= 4 is 45.9 Å². The summed E-state index contributed by atoms with van der Waals surface area (Å²) >= 11 is 5.13. The van der Waals surface area contributed by atoms with Gasteiger partial charge in [-0.25, -0.2) is 4.79 Å². The van der Waals surface area contributed by atoms with Crippen LogP contribution in [0.4, 0.5) is 21.0 Å². The molecule has 0 unspecified atom stereocenters. The summed E-state index contributed by atoms with van der Waals surface area (Å²) in [4.78, 5) is 55.1. The topological polar surface area (TPSA) is 143 Å². The van der Waals surface area contributed by atoms with Crippen molar-refractivity contribution in [3.63, 3.8) is 0 Å². The molecule has 5 aliphatic heterocycles. The Labute approximate surface area is 360 Å². The first-order valence-electron chi connectivity index (χ1n) is 22.4. The Balaban J connectivity index is 0.000000229. The molecule has 0 saturated carbocycles. The van der Waals surface area contributed by atoms with Crippen LogP contribution >= 0.6 is 11.6 Å². The maximum absolute atomic E-state index is 12.5. The highest BCUT2D eigenvalue weighted by Gasteiger charge is 2.39. The molecule has 5 N–H and O–H groups in total. The molecule has 7 rings (SSSR count). The number of piperidine rings is 2. The standard InChI is InChI=1S/C19H27N3O2.C14H18N2O.C6H13N.C5H10ClNO.C2H7N/c1-3-21(4-2)18(24)22-13-11-19(12-14-22)10-9-17(23)15-7-5-6-8-16(15)20-19;17-13-5-6-14(7-9-15-10-8-14)16-12-4-2-1-3-11(12)13;1-2-7-5-3-4-6-7;1-3-7(4-2)5(6)8;1-2-3/h5-8,20H,3-4,9-14H2,1-2H3;1-4,15-16H,5-10H2;2-6H2,1H3;3-4H2,1-2H3;2-3H2,1H3. The maximum Gasteiger partial charge on any atom is 0.319 e. The second-order valence-corrected chi connectivity index (χ2v) is 16.2. The number of Topliss-reactive ketones (excluding diaryl/α,β-unsaturated/α-hetero) is 2. The zero-order valence-electron chi connectivity index (χ0n) is 37.1. The molecular formula is C46H75ClN8O4. The Kier molecular flexibility index (Phi) is 21.7. The van der Waals surface area contributed by atoms with Gasteiger partial charge in [0.25, 0.3) is 0 Å². The average molecular weight is 840 g/mol. The summed E-state index contributed by atoms with van der Waals surface area (Å²) in [5, 5.41) is 10.3. The monoisotopic (exact) mass is 839 g/mol. The molecule has 13 heteroatoms. The molecule has 3 fully saturated rings. The lowest BCUT2D eigenvalue weighted by molar-refractivity contribution is 0.0959. The summed E-state index contributed by atoms with van der Waals surface area (Å²) in [6.07, 6.45) is 9.89. The number of rotatable bonds is 5. The van der Waals surface area contributed by atoms with E-state index in [1.807, 2.05) is 92.9 Å². The van der Waals surface area contributed by atoms with E-state index < -0.39 is 0 Å². The number of carbonyl (C=O) groups excluding carboxylic acids is 4. The molecule has 0 aromatic heterocycles. The molecule has 12 nitrogen and oxygen atoms in total. The molecule has 5 heterocycles. The molecule has 330 valence electrons. The largest absolute Gasteiger partial charge is 0.379 e. The zero-order valence-corrected chi connectivity index (χ0v) is 37.8. The van der Waals surface area contributed by atoms with Crippen LogP contribution in [0.5, 0.6) is 0 Å². The van der Waals surface area contributed by atoms with Crippen molar-refractivity contribution in [3.05, 3.63) is 59.7 Å². The van der Waals surface area contributed by atoms with Gasteiger partial charge in [-0.05, 0) is 154 Å². The molecule has 2 aromatic carbocycles. The fraction of sp³-hybridized carbons (Fsp3) is 0.652. The number of likely N-dealkylation sites (tertiary alicyclic amines) is 2. The lowest BCUT2D eigenvalue weighted by Gasteiger charge is -2.43. The van der Waals surface area contributed by atoms with E-state index in [9.17, 15) is 19.2 Å². The smallest absolute Gasteiger partial charge is 0.319 e. The third-order valence-corrected chi connectivity index (χ3v) is 12.4. The number of para-hydroxylation sites is 2. The molecule has 0 atom stereocenters. The van der Waals surface area contributed by atoms with Gasteiger partial charge in [-0.3, -0.25) is 14.4 Å². The highest BCUT2D eigenvalue weighted by molar-refractivity contribution is 6.62. The molecule has 0 radical (unpaired) electrons. The number of fused-ring (bicyclic) bond motifs is 2. The van der Waals surface area contributed by atoms with Crippen molar-refractivity contribution in [1.29, 1.82) is 0 Å². The summed E-state index contributed by atoms with van der Waals surface area (Å²) < 4.78 is 0. The van der Waals surface area contributed by atoms with Gasteiger partial charge in [0.15, 0.2) is 11.6 Å². The van der Waals surface area contributed by atoms with E-state index in [2.05, 4.69) is 27.8 Å². The van der Waals surface area contributed by atoms with Crippen LogP contribution < -0.4 is 21.7 Å². The van der Waals surface area contributed by atoms with Crippen LogP contribution in [-0.2, 0) is 0 Å². The van der Waals surface area contributed by atoms with Gasteiger partial charge in [0.05, 0.1) is 0 Å². The Bertz CT molecular complexity index is 1580. The highest BCUT2D eigenvalue weighted by Crippen LogP contribution is 2.37. The van der Waals surface area contributed by atoms with Crippen molar-refractivity contribution in [3.8, 4) is 0 Å². The molecule has 59 heavy (non-hydrogen) atoms. The van der Waals surface area contributed by atoms with Gasteiger partial charge in [-0.15, -0.1) is 0 Å². The predicted octanol–water partition coefficient (Wildman–Crippen LogP) is 8.32. The van der Waals surface area contributed by atoms with Crippen molar-refractivity contribution in [2.45, 2.75) is 117 Å². The van der Waals surface area contributed by atoms with E-state index in [1.165, 1.54) is 32.5 Å². The second kappa shape index (κ2) is 25.8. The minimum Gasteiger partial charge on any atom is -0.379 e. The number of benzene rings is 2. The number of hydrogen-bond acceptors (Lipinski definition) is 9. The zero-order chi connectivity index (χ0) is 43.3. The number of anilines is 2. The summed E-state index contributed by atoms with van der Waals surface area (Å²) in [7, 11) is 0. The first kappa shape index (κ1) is 49.7. The van der Waals surface area contributed by atoms with Crippen LogP contribution in [0, 0.1) is 0 Å². The Morgan fingerprint density at radius 2 is 1.08 bits per heavy atom. The van der Waals surface area contributed by atoms with Gasteiger partial charge >= 0.3 is 11.4 Å². The molecule has 2 spiro atoms. The van der Waals surface area contributed by atoms with Gasteiger partial charge in [0, 0.05) is 85.7 Å². The number of halogens is 1. The number of urea groups is 1. The third kappa shape index (κ3) is 15.1. The first-order chi connectivity index (χ1) is 28.4. The van der Waals surface area contributed by atoms with Crippen LogP contribution in [0.15, 0.2) is 48.5 Å². The minimum absolute atomic E-state index is 0.0672. The number of nitrogens with zero attached hydrogens (tertiary/aromatic N) is 4. The van der Waals surface area contributed by atoms with Gasteiger partial charge < -0.3 is 41.3 Å². The average Bonchev–Trinajstić information content (AvgIpc) is 3.70. The molecule has 5 aliphatic rings. The Morgan fingerprint density at radius 3 is 1.46 bits per heavy atom. The van der Waals surface area contributed by atoms with E-state index >= 15 is 0 Å². The number of ketones is 2. The third-order valence-electron chi connectivity index (χ3n) is 12.2. The van der Waals surface area contributed by atoms with Crippen molar-refractivity contribution in [2.75, 3.05) is 89.2 Å². The fourth-order valence-electron chi connectivity index (χ4n) is 8.39. The summed E-state index contributed by atoms with van der Waals surface area (Å²) in [5.41, 5.74) is 8.55. The van der Waals surface area contributed by atoms with Crippen LogP contribution in [0.25, 0.3) is 0 Å². The summed E-state index contributed by atoms with van der Waals surface area (Å²) in [5.74, 6) is 0.500. The number of amides is 3. The minimum atomic E-state index is -0.366. The number of hydrogen-bond donors (Lipinski definition) is 4. The second-order valence-electron chi connectivity index (χ2n) is 15.9. The molecule has 2 aromatic rings. The van der Waals surface area contributed by atoms with Crippen molar-refractivity contribution < 1.29 is 19.2 Å². The van der Waals surface area contributed by atoms with Crippen LogP contribution in [0.3, 0.4) is 0 Å². The summed E-state index contributed by atoms with van der Waals surface area (Å²) in [6, 6.07) is 15.8. The summed E-state index contributed by atoms with van der Waals surface area (Å²) in [6.45, 7) is 23.1. The Hall–Kier alpha value is -3.71. The molecular weight excluding hydrogens is 764 g/mol. The van der Waals surface area contributed by atoms with Crippen LogP contribution in [-0.4, -0.2) is 132 Å². The van der Waals surface area contributed by atoms with Gasteiger partial charge in [0.2, 0.25) is 0 Å². The normalized spacial score (nSPS) is 18.7. The van der Waals surface area contributed by atoms with Gasteiger partial charge in [-0.1, -0.05) is 38.1 Å². The maximum atomic E-state index is 12.5. The van der Waals surface area contributed by atoms with E-state index in [4.69, 9.17) is 17.3 Å². The number of nitrogens with two attached hydrogens (primary N) is 1. The molecule has 0 aliphatic carbocycles. The highest BCUT2D eigenvalue weighted by atomic mass is 35.5. The van der Waals surface area contributed by atoms with E-state index in [0.717, 1.165) is 107 Å². The van der Waals surface area contributed by atoms with E-state index in [-0.39, 0.29) is 34.0 Å². The Morgan fingerprint density at radius 1 is 0.661 bits per heavy atom. The molecule has 0 bridgehead atoms. The van der Waals surface area contributed by atoms with Gasteiger partial charge in [-0.2, -0.15) is 0 Å². The van der Waals surface area contributed by atoms with Crippen LogP contribution in [0.2, 0.25) is 0 Å². The van der Waals surface area contributed by atoms with Crippen molar-refractivity contribution in [1.82, 2.24) is 24.9 Å². The lowest BCUT2D eigenvalue weighted by atomic mass is 9.83. The van der Waals surface area contributed by atoms with Crippen LogP contribution in [0.1, 0.15) is 126 Å². The molecule has 3 amide bonds. The van der Waals surface area contributed by atoms with Crippen molar-refractivity contribution in [2.24, 2.45) is 5.73 Å². The number of carbonyl (C=O) groups is 4. The SMILES string of the molecule is CCN.CCN(CC)C(=O)Cl.CCN(CC)C(=O)N1CCC2(CCC(=O)c3ccccc3N2)CC1.CCN1CCCC1.O=C1CCC2(CCNCC2)Nc2ccccc21. The number of nitrogens with one attached hydrogen (secondary N) is 3. The fourth-order valence-corrected chi connectivity index (χ4v) is 8.63. The quantitative estimate of drug-likeness (QED) is 0.173. The lowest BCUT2D eigenvalue weighted by Crippen LogP contribution is -2.53.